The monoisotopic (exact) mass is 376 g/mol. The average Bonchev–Trinajstić information content (AvgIpc) is 2.42. The lowest BCUT2D eigenvalue weighted by Crippen LogP contribution is -2.45. The second kappa shape index (κ2) is 7.23. The second-order valence-corrected chi connectivity index (χ2v) is 5.98. The van der Waals surface area contributed by atoms with Crippen molar-refractivity contribution in [2.75, 3.05) is 44.7 Å². The molecule has 2 heterocycles. The normalized spacial score (nSPS) is 16.7. The number of nitrogens with zero attached hydrogens (tertiary/aromatic N) is 4. The first-order valence-corrected chi connectivity index (χ1v) is 7.87. The van der Waals surface area contributed by atoms with Crippen LogP contribution in [-0.4, -0.2) is 54.7 Å². The lowest BCUT2D eigenvalue weighted by Gasteiger charge is -2.32. The fourth-order valence-corrected chi connectivity index (χ4v) is 2.33. The summed E-state index contributed by atoms with van der Waals surface area (Å²) in [6, 6.07) is 0. The fraction of sp³-hybridized carbons (Fsp3) is 0.692. The van der Waals surface area contributed by atoms with E-state index in [1.165, 1.54) is 0 Å². The van der Waals surface area contributed by atoms with Crippen LogP contribution >= 0.6 is 22.6 Å². The number of aromatic nitrogens is 2. The number of halogens is 1. The van der Waals surface area contributed by atoms with Gasteiger partial charge in [0.15, 0.2) is 0 Å². The van der Waals surface area contributed by atoms with Gasteiger partial charge in [-0.2, -0.15) is 4.98 Å². The van der Waals surface area contributed by atoms with Crippen LogP contribution in [0.2, 0.25) is 0 Å². The molecule has 0 N–H and O–H groups in total. The van der Waals surface area contributed by atoms with Crippen molar-refractivity contribution in [1.82, 2.24) is 14.9 Å². The van der Waals surface area contributed by atoms with E-state index in [2.05, 4.69) is 56.3 Å². The Bertz CT molecular complexity index is 408. The molecule has 1 saturated heterocycles. The number of unbranched alkanes of at least 4 members (excludes halogenated alkanes) is 1. The molecule has 1 fully saturated rings. The van der Waals surface area contributed by atoms with Gasteiger partial charge in [0.25, 0.3) is 0 Å². The molecule has 19 heavy (non-hydrogen) atoms. The van der Waals surface area contributed by atoms with Gasteiger partial charge < -0.3 is 14.5 Å². The second-order valence-electron chi connectivity index (χ2n) is 4.82. The molecular weight excluding hydrogens is 355 g/mol. The Kier molecular flexibility index (Phi) is 5.62. The SMILES string of the molecule is CCCCOc1nc(N2CCN(C)CC2)ncc1I. The molecule has 0 aromatic carbocycles. The molecule has 5 nitrogen and oxygen atoms in total. The van der Waals surface area contributed by atoms with E-state index in [4.69, 9.17) is 4.74 Å². The van der Waals surface area contributed by atoms with Crippen LogP contribution in [0, 0.1) is 3.57 Å². The maximum Gasteiger partial charge on any atom is 0.231 e. The lowest BCUT2D eigenvalue weighted by atomic mass is 10.3. The zero-order valence-corrected chi connectivity index (χ0v) is 13.8. The van der Waals surface area contributed by atoms with Crippen LogP contribution in [0.5, 0.6) is 5.88 Å². The summed E-state index contributed by atoms with van der Waals surface area (Å²) in [7, 11) is 2.14. The van der Waals surface area contributed by atoms with Gasteiger partial charge in [0.1, 0.15) is 0 Å². The summed E-state index contributed by atoms with van der Waals surface area (Å²) in [5.74, 6) is 1.51. The van der Waals surface area contributed by atoms with Gasteiger partial charge in [-0.15, -0.1) is 0 Å². The number of rotatable bonds is 5. The van der Waals surface area contributed by atoms with Crippen molar-refractivity contribution in [2.45, 2.75) is 19.8 Å². The Labute approximate surface area is 128 Å². The van der Waals surface area contributed by atoms with Crippen molar-refractivity contribution >= 4 is 28.5 Å². The van der Waals surface area contributed by atoms with Crippen LogP contribution in [0.3, 0.4) is 0 Å². The Morgan fingerprint density at radius 2 is 2.05 bits per heavy atom. The summed E-state index contributed by atoms with van der Waals surface area (Å²) >= 11 is 2.23. The standard InChI is InChI=1S/C13H21IN4O/c1-3-4-9-19-12-11(14)10-15-13(16-12)18-7-5-17(2)6-8-18/h10H,3-9H2,1-2H3. The van der Waals surface area contributed by atoms with Crippen molar-refractivity contribution < 1.29 is 4.74 Å². The van der Waals surface area contributed by atoms with E-state index >= 15 is 0 Å². The molecular formula is C13H21IN4O. The van der Waals surface area contributed by atoms with E-state index in [0.29, 0.717) is 0 Å². The smallest absolute Gasteiger partial charge is 0.231 e. The van der Waals surface area contributed by atoms with Gasteiger partial charge in [0.05, 0.1) is 10.2 Å². The number of hydrogen-bond donors (Lipinski definition) is 0. The minimum atomic E-state index is 0.720. The summed E-state index contributed by atoms with van der Waals surface area (Å²) in [4.78, 5) is 13.5. The predicted octanol–water partition coefficient (Wildman–Crippen LogP) is 2.01. The average molecular weight is 376 g/mol. The van der Waals surface area contributed by atoms with Crippen LogP contribution in [0.1, 0.15) is 19.8 Å². The minimum absolute atomic E-state index is 0.720. The highest BCUT2D eigenvalue weighted by Gasteiger charge is 2.17. The molecule has 1 aliphatic heterocycles. The van der Waals surface area contributed by atoms with E-state index in [1.54, 1.807) is 0 Å². The van der Waals surface area contributed by atoms with Gasteiger partial charge in [-0.1, -0.05) is 13.3 Å². The highest BCUT2D eigenvalue weighted by atomic mass is 127. The quantitative estimate of drug-likeness (QED) is 0.581. The molecule has 0 saturated carbocycles. The van der Waals surface area contributed by atoms with Gasteiger partial charge in [-0.25, -0.2) is 4.98 Å². The molecule has 1 aromatic heterocycles. The van der Waals surface area contributed by atoms with Gasteiger partial charge in [0.2, 0.25) is 11.8 Å². The number of hydrogen-bond acceptors (Lipinski definition) is 5. The van der Waals surface area contributed by atoms with Crippen LogP contribution in [-0.2, 0) is 0 Å². The van der Waals surface area contributed by atoms with Gasteiger partial charge in [0, 0.05) is 32.4 Å². The zero-order valence-electron chi connectivity index (χ0n) is 11.6. The minimum Gasteiger partial charge on any atom is -0.477 e. The van der Waals surface area contributed by atoms with Crippen molar-refractivity contribution in [3.63, 3.8) is 0 Å². The summed E-state index contributed by atoms with van der Waals surface area (Å²) < 4.78 is 6.71. The number of piperazine rings is 1. The van der Waals surface area contributed by atoms with Crippen LogP contribution in [0.25, 0.3) is 0 Å². The summed E-state index contributed by atoms with van der Waals surface area (Å²) in [5, 5.41) is 0. The first-order chi connectivity index (χ1) is 9.20. The van der Waals surface area contributed by atoms with E-state index in [9.17, 15) is 0 Å². The van der Waals surface area contributed by atoms with Crippen LogP contribution < -0.4 is 9.64 Å². The van der Waals surface area contributed by atoms with Crippen molar-refractivity contribution in [1.29, 1.82) is 0 Å². The van der Waals surface area contributed by atoms with Gasteiger partial charge in [-0.3, -0.25) is 0 Å². The Balaban J connectivity index is 2.03. The van der Waals surface area contributed by atoms with E-state index in [1.807, 2.05) is 6.20 Å². The predicted molar refractivity (Wildman–Crippen MR) is 84.9 cm³/mol. The molecule has 0 bridgehead atoms. The first kappa shape index (κ1) is 14.8. The van der Waals surface area contributed by atoms with Gasteiger partial charge >= 0.3 is 0 Å². The molecule has 2 rings (SSSR count). The molecule has 0 amide bonds. The summed E-state index contributed by atoms with van der Waals surface area (Å²) in [6.07, 6.45) is 4.04. The maximum atomic E-state index is 5.73. The molecule has 1 aromatic rings. The molecule has 0 spiro atoms. The Morgan fingerprint density at radius 3 is 2.74 bits per heavy atom. The summed E-state index contributed by atoms with van der Waals surface area (Å²) in [6.45, 7) is 6.95. The Morgan fingerprint density at radius 1 is 1.32 bits per heavy atom. The maximum absolute atomic E-state index is 5.73. The molecule has 0 unspecified atom stereocenters. The highest BCUT2D eigenvalue weighted by Crippen LogP contribution is 2.21. The van der Waals surface area contributed by atoms with Crippen molar-refractivity contribution in [3.05, 3.63) is 9.77 Å². The molecule has 1 aliphatic rings. The molecule has 106 valence electrons. The topological polar surface area (TPSA) is 41.5 Å². The largest absolute Gasteiger partial charge is 0.477 e. The third-order valence-corrected chi connectivity index (χ3v) is 3.96. The number of likely N-dealkylation sites (N-methyl/N-ethyl adjacent to an activating group) is 1. The summed E-state index contributed by atoms with van der Waals surface area (Å²) in [5.41, 5.74) is 0. The van der Waals surface area contributed by atoms with Crippen molar-refractivity contribution in [3.8, 4) is 5.88 Å². The number of anilines is 1. The highest BCUT2D eigenvalue weighted by molar-refractivity contribution is 14.1. The van der Waals surface area contributed by atoms with E-state index < -0.39 is 0 Å². The third kappa shape index (κ3) is 4.17. The zero-order chi connectivity index (χ0) is 13.7. The van der Waals surface area contributed by atoms with Crippen LogP contribution in [0.15, 0.2) is 6.20 Å². The van der Waals surface area contributed by atoms with Crippen molar-refractivity contribution in [2.24, 2.45) is 0 Å². The molecule has 0 radical (unpaired) electrons. The lowest BCUT2D eigenvalue weighted by molar-refractivity contribution is 0.292. The number of ether oxygens (including phenoxy) is 1. The van der Waals surface area contributed by atoms with E-state index in [-0.39, 0.29) is 0 Å². The van der Waals surface area contributed by atoms with Gasteiger partial charge in [-0.05, 0) is 36.1 Å². The third-order valence-electron chi connectivity index (χ3n) is 3.22. The first-order valence-electron chi connectivity index (χ1n) is 6.79. The van der Waals surface area contributed by atoms with Crippen LogP contribution in [0.4, 0.5) is 5.95 Å². The molecule has 0 atom stereocenters. The Hall–Kier alpha value is -0.630. The van der Waals surface area contributed by atoms with E-state index in [0.717, 1.165) is 61.0 Å². The molecule has 0 aliphatic carbocycles. The molecule has 6 heteroatoms. The fourth-order valence-electron chi connectivity index (χ4n) is 1.92.